The highest BCUT2D eigenvalue weighted by Crippen LogP contribution is 2.36. The number of hydrogen-bond donors (Lipinski definition) is 1. The van der Waals surface area contributed by atoms with Crippen molar-refractivity contribution in [3.8, 4) is 11.3 Å². The highest BCUT2D eigenvalue weighted by molar-refractivity contribution is 6.05. The molecule has 1 N–H and O–H groups in total. The molecule has 0 spiro atoms. The maximum atomic E-state index is 15.8. The van der Waals surface area contributed by atoms with Gasteiger partial charge in [-0.3, -0.25) is 29.6 Å². The van der Waals surface area contributed by atoms with E-state index in [0.29, 0.717) is 38.0 Å². The van der Waals surface area contributed by atoms with Crippen molar-refractivity contribution in [2.45, 2.75) is 50.5 Å². The number of nitrogens with zero attached hydrogens (tertiary/aromatic N) is 3. The molecule has 0 aliphatic carbocycles. The van der Waals surface area contributed by atoms with Crippen molar-refractivity contribution < 1.29 is 18.8 Å². The van der Waals surface area contributed by atoms with Gasteiger partial charge in [-0.15, -0.1) is 0 Å². The summed E-state index contributed by atoms with van der Waals surface area (Å²) >= 11 is 0. The predicted molar refractivity (Wildman–Crippen MR) is 139 cm³/mol. The molecule has 2 atom stereocenters. The number of fused-ring (bicyclic) bond motifs is 1. The Morgan fingerprint density at radius 3 is 2.71 bits per heavy atom. The van der Waals surface area contributed by atoms with Crippen molar-refractivity contribution in [2.75, 3.05) is 13.1 Å². The molecule has 3 amide bonds. The number of nitrogens with one attached hydrogen (secondary N) is 1. The van der Waals surface area contributed by atoms with Gasteiger partial charge in [-0.05, 0) is 66.8 Å². The molecule has 3 aliphatic heterocycles. The number of likely N-dealkylation sites (tertiary alicyclic amines) is 1. The highest BCUT2D eigenvalue weighted by atomic mass is 19.1. The smallest absolute Gasteiger partial charge is 0.255 e. The molecule has 3 aliphatic rings. The monoisotopic (exact) mass is 512 g/mol. The van der Waals surface area contributed by atoms with Crippen LogP contribution in [0.25, 0.3) is 11.3 Å². The number of benzene rings is 2. The molecule has 2 fully saturated rings. The van der Waals surface area contributed by atoms with Crippen LogP contribution in [0.4, 0.5) is 4.39 Å². The zero-order valence-corrected chi connectivity index (χ0v) is 21.0. The molecule has 194 valence electrons. The first kappa shape index (κ1) is 24.4. The number of pyridine rings is 1. The molecule has 2 aromatic carbocycles. The number of rotatable bonds is 5. The second-order valence-electron chi connectivity index (χ2n) is 10.5. The Balaban J connectivity index is 1.18. The Morgan fingerprint density at radius 2 is 1.89 bits per heavy atom. The average Bonchev–Trinajstić information content (AvgIpc) is 3.25. The second-order valence-corrected chi connectivity index (χ2v) is 10.5. The molecular weight excluding hydrogens is 483 g/mol. The molecule has 2 unspecified atom stereocenters. The van der Waals surface area contributed by atoms with Gasteiger partial charge in [0.05, 0.1) is 5.69 Å². The Kier molecular flexibility index (Phi) is 6.27. The van der Waals surface area contributed by atoms with Crippen molar-refractivity contribution in [1.82, 2.24) is 20.1 Å². The summed E-state index contributed by atoms with van der Waals surface area (Å²) in [7, 11) is 0. The van der Waals surface area contributed by atoms with E-state index in [-0.39, 0.29) is 18.2 Å². The van der Waals surface area contributed by atoms with Gasteiger partial charge in [0, 0.05) is 43.4 Å². The van der Waals surface area contributed by atoms with Crippen LogP contribution in [0.5, 0.6) is 0 Å². The number of piperidine rings is 2. The van der Waals surface area contributed by atoms with Crippen molar-refractivity contribution in [2.24, 2.45) is 0 Å². The second kappa shape index (κ2) is 9.76. The first-order valence-electron chi connectivity index (χ1n) is 13.1. The molecule has 0 radical (unpaired) electrons. The standard InChI is InChI=1S/C30H29FN4O3/c31-30(23-5-2-1-3-6-23)12-4-14-34(19-30)17-20-11-13-32-25(15-20)21-7-8-24-22(16-21)18-35(29(24)38)26-9-10-27(36)33-28(26)37/h1-3,5-8,11,13,15-16,26H,4,9-10,12,14,17-19H2,(H,33,36,37). The van der Waals surface area contributed by atoms with Gasteiger partial charge in [-0.25, -0.2) is 4.39 Å². The molecule has 0 bridgehead atoms. The quantitative estimate of drug-likeness (QED) is 0.523. The van der Waals surface area contributed by atoms with Crippen molar-refractivity contribution >= 4 is 17.7 Å². The Morgan fingerprint density at radius 1 is 1.05 bits per heavy atom. The van der Waals surface area contributed by atoms with Crippen molar-refractivity contribution in [3.63, 3.8) is 0 Å². The van der Waals surface area contributed by atoms with Gasteiger partial charge in [-0.1, -0.05) is 36.4 Å². The molecule has 3 aromatic rings. The van der Waals surface area contributed by atoms with Crippen LogP contribution in [-0.2, 0) is 28.3 Å². The maximum absolute atomic E-state index is 15.8. The first-order valence-corrected chi connectivity index (χ1v) is 13.1. The minimum absolute atomic E-state index is 0.194. The van der Waals surface area contributed by atoms with Gasteiger partial charge in [0.25, 0.3) is 5.91 Å². The molecule has 8 heteroatoms. The van der Waals surface area contributed by atoms with E-state index >= 15 is 4.39 Å². The van der Waals surface area contributed by atoms with Crippen LogP contribution in [0.15, 0.2) is 66.9 Å². The summed E-state index contributed by atoms with van der Waals surface area (Å²) in [5.41, 5.74) is 3.51. The third-order valence-corrected chi connectivity index (χ3v) is 7.86. The van der Waals surface area contributed by atoms with E-state index in [9.17, 15) is 14.4 Å². The Bertz CT molecular complexity index is 1410. The topological polar surface area (TPSA) is 82.6 Å². The first-order chi connectivity index (χ1) is 18.4. The zero-order valence-electron chi connectivity index (χ0n) is 21.0. The molecule has 4 heterocycles. The predicted octanol–water partition coefficient (Wildman–Crippen LogP) is 3.97. The van der Waals surface area contributed by atoms with E-state index in [1.165, 1.54) is 0 Å². The summed E-state index contributed by atoms with van der Waals surface area (Å²) < 4.78 is 15.8. The molecular formula is C30H29FN4O3. The van der Waals surface area contributed by atoms with E-state index in [0.717, 1.165) is 40.9 Å². The van der Waals surface area contributed by atoms with Crippen molar-refractivity contribution in [1.29, 1.82) is 0 Å². The minimum atomic E-state index is -1.35. The molecule has 0 saturated carbocycles. The molecule has 38 heavy (non-hydrogen) atoms. The van der Waals surface area contributed by atoms with Gasteiger partial charge < -0.3 is 4.90 Å². The van der Waals surface area contributed by atoms with Crippen molar-refractivity contribution in [3.05, 3.63) is 89.1 Å². The lowest BCUT2D eigenvalue weighted by Gasteiger charge is -2.37. The van der Waals surface area contributed by atoms with E-state index in [4.69, 9.17) is 0 Å². The summed E-state index contributed by atoms with van der Waals surface area (Å²) in [5, 5.41) is 2.34. The maximum Gasteiger partial charge on any atom is 0.255 e. The number of amides is 3. The van der Waals surface area contributed by atoms with Gasteiger partial charge in [0.15, 0.2) is 0 Å². The Labute approximate surface area is 220 Å². The van der Waals surface area contributed by atoms with E-state index < -0.39 is 17.6 Å². The van der Waals surface area contributed by atoms with Crippen LogP contribution in [-0.4, -0.2) is 51.6 Å². The number of halogens is 1. The minimum Gasteiger partial charge on any atom is -0.322 e. The van der Waals surface area contributed by atoms with Crippen LogP contribution >= 0.6 is 0 Å². The summed E-state index contributed by atoms with van der Waals surface area (Å²) in [6, 6.07) is 18.4. The fourth-order valence-electron chi connectivity index (χ4n) is 5.93. The van der Waals surface area contributed by atoms with Crippen LogP contribution in [0.3, 0.4) is 0 Å². The molecule has 7 nitrogen and oxygen atoms in total. The fraction of sp³-hybridized carbons (Fsp3) is 0.333. The van der Waals surface area contributed by atoms with Crippen LogP contribution < -0.4 is 5.32 Å². The van der Waals surface area contributed by atoms with Gasteiger partial charge in [-0.2, -0.15) is 0 Å². The normalized spacial score (nSPS) is 23.9. The Hall–Kier alpha value is -3.91. The van der Waals surface area contributed by atoms with Crippen LogP contribution in [0.2, 0.25) is 0 Å². The molecule has 2 saturated heterocycles. The van der Waals surface area contributed by atoms with Crippen LogP contribution in [0, 0.1) is 0 Å². The van der Waals surface area contributed by atoms with Crippen LogP contribution in [0.1, 0.15) is 52.7 Å². The number of imide groups is 1. The number of carbonyl (C=O) groups is 3. The number of alkyl halides is 1. The van der Waals surface area contributed by atoms with E-state index in [1.54, 1.807) is 17.2 Å². The SMILES string of the molecule is O=C1CCC(N2Cc3cc(-c4cc(CN5CCCC(F)(c6ccccc6)C5)ccn4)ccc3C2=O)C(=O)N1. The number of aromatic nitrogens is 1. The van der Waals surface area contributed by atoms with E-state index in [2.05, 4.69) is 15.2 Å². The largest absolute Gasteiger partial charge is 0.322 e. The summed E-state index contributed by atoms with van der Waals surface area (Å²) in [5.74, 6) is -0.911. The van der Waals surface area contributed by atoms with E-state index in [1.807, 2.05) is 54.6 Å². The summed E-state index contributed by atoms with van der Waals surface area (Å²) in [6.45, 7) is 2.14. The van der Waals surface area contributed by atoms with Gasteiger partial charge in [0.2, 0.25) is 11.8 Å². The summed E-state index contributed by atoms with van der Waals surface area (Å²) in [4.78, 5) is 45.1. The lowest BCUT2D eigenvalue weighted by molar-refractivity contribution is -0.136. The van der Waals surface area contributed by atoms with Gasteiger partial charge in [0.1, 0.15) is 11.7 Å². The lowest BCUT2D eigenvalue weighted by atomic mass is 9.87. The average molecular weight is 513 g/mol. The highest BCUT2D eigenvalue weighted by Gasteiger charge is 2.39. The lowest BCUT2D eigenvalue weighted by Crippen LogP contribution is -2.52. The number of carbonyl (C=O) groups excluding carboxylic acids is 3. The number of hydrogen-bond acceptors (Lipinski definition) is 5. The summed E-state index contributed by atoms with van der Waals surface area (Å²) in [6.07, 6.45) is 3.65. The molecule has 6 rings (SSSR count). The zero-order chi connectivity index (χ0) is 26.3. The fourth-order valence-corrected chi connectivity index (χ4v) is 5.93. The third kappa shape index (κ3) is 4.60. The molecule has 1 aromatic heterocycles. The van der Waals surface area contributed by atoms with Gasteiger partial charge >= 0.3 is 0 Å². The third-order valence-electron chi connectivity index (χ3n) is 7.86.